The second-order valence-corrected chi connectivity index (χ2v) is 4.89. The van der Waals surface area contributed by atoms with Crippen molar-refractivity contribution in [3.8, 4) is 5.75 Å². The quantitative estimate of drug-likeness (QED) is 0.381. The van der Waals surface area contributed by atoms with Gasteiger partial charge < -0.3 is 35.6 Å². The van der Waals surface area contributed by atoms with Gasteiger partial charge in [-0.3, -0.25) is 4.79 Å². The SMILES string of the molecule is O=C(NC1C(O)[C@H](O)C(CO)O[C@H]1O)c1cc(F)ccc1O. The van der Waals surface area contributed by atoms with Crippen LogP contribution >= 0.6 is 0 Å². The molecule has 1 saturated heterocycles. The maximum Gasteiger partial charge on any atom is 0.255 e. The van der Waals surface area contributed by atoms with E-state index in [4.69, 9.17) is 9.84 Å². The molecule has 2 rings (SSSR count). The van der Waals surface area contributed by atoms with Crippen LogP contribution < -0.4 is 5.32 Å². The van der Waals surface area contributed by atoms with Crippen molar-refractivity contribution < 1.29 is 39.5 Å². The summed E-state index contributed by atoms with van der Waals surface area (Å²) in [7, 11) is 0. The van der Waals surface area contributed by atoms with Crippen molar-refractivity contribution in [3.05, 3.63) is 29.6 Å². The number of aliphatic hydroxyl groups excluding tert-OH is 4. The Hall–Kier alpha value is -1.78. The van der Waals surface area contributed by atoms with Crippen LogP contribution in [0.2, 0.25) is 0 Å². The lowest BCUT2D eigenvalue weighted by Crippen LogP contribution is -2.64. The van der Waals surface area contributed by atoms with Crippen molar-refractivity contribution in [3.63, 3.8) is 0 Å². The maximum atomic E-state index is 13.1. The summed E-state index contributed by atoms with van der Waals surface area (Å²) in [6, 6.07) is 1.29. The Morgan fingerprint density at radius 2 is 1.95 bits per heavy atom. The molecule has 1 aliphatic heterocycles. The molecule has 1 aromatic carbocycles. The van der Waals surface area contributed by atoms with Gasteiger partial charge in [0.1, 0.15) is 35.9 Å². The zero-order chi connectivity index (χ0) is 16.4. The minimum Gasteiger partial charge on any atom is -0.507 e. The summed E-state index contributed by atoms with van der Waals surface area (Å²) in [4.78, 5) is 12.0. The molecule has 1 aromatic rings. The Bertz CT molecular complexity index is 555. The second-order valence-electron chi connectivity index (χ2n) is 4.89. The first-order chi connectivity index (χ1) is 10.3. The first-order valence-corrected chi connectivity index (χ1v) is 6.45. The molecule has 1 aliphatic rings. The van der Waals surface area contributed by atoms with Crippen molar-refractivity contribution in [1.82, 2.24) is 5.32 Å². The molecule has 8 nitrogen and oxygen atoms in total. The van der Waals surface area contributed by atoms with Crippen LogP contribution in [0.5, 0.6) is 5.75 Å². The zero-order valence-corrected chi connectivity index (χ0v) is 11.3. The third kappa shape index (κ3) is 3.18. The Kier molecular flexibility index (Phi) is 4.94. The fourth-order valence-electron chi connectivity index (χ4n) is 2.17. The normalized spacial score (nSPS) is 31.8. The molecular formula is C13H16FNO7. The Balaban J connectivity index is 2.15. The topological polar surface area (TPSA) is 139 Å². The first kappa shape index (κ1) is 16.6. The van der Waals surface area contributed by atoms with Crippen molar-refractivity contribution in [1.29, 1.82) is 0 Å². The lowest BCUT2D eigenvalue weighted by Gasteiger charge is -2.40. The van der Waals surface area contributed by atoms with Gasteiger partial charge in [-0.2, -0.15) is 0 Å². The fourth-order valence-corrected chi connectivity index (χ4v) is 2.17. The number of hydrogen-bond donors (Lipinski definition) is 6. The average Bonchev–Trinajstić information content (AvgIpc) is 2.49. The Morgan fingerprint density at radius 1 is 1.27 bits per heavy atom. The molecule has 122 valence electrons. The summed E-state index contributed by atoms with van der Waals surface area (Å²) in [6.45, 7) is -0.638. The highest BCUT2D eigenvalue weighted by Gasteiger charge is 2.44. The molecule has 0 saturated carbocycles. The number of benzene rings is 1. The number of phenolic OH excluding ortho intramolecular Hbond substituents is 1. The number of phenols is 1. The molecule has 0 spiro atoms. The van der Waals surface area contributed by atoms with Crippen LogP contribution in [0.15, 0.2) is 18.2 Å². The number of hydrogen-bond acceptors (Lipinski definition) is 7. The minimum atomic E-state index is -1.70. The van der Waals surface area contributed by atoms with Crippen LogP contribution in [0.4, 0.5) is 4.39 Å². The molecule has 1 heterocycles. The average molecular weight is 317 g/mol. The van der Waals surface area contributed by atoms with Crippen molar-refractivity contribution in [2.75, 3.05) is 6.61 Å². The smallest absolute Gasteiger partial charge is 0.255 e. The summed E-state index contributed by atoms with van der Waals surface area (Å²) in [5.41, 5.74) is -0.404. The Morgan fingerprint density at radius 3 is 2.59 bits per heavy atom. The van der Waals surface area contributed by atoms with Gasteiger partial charge in [0.2, 0.25) is 0 Å². The molecule has 0 aromatic heterocycles. The molecular weight excluding hydrogens is 301 g/mol. The molecule has 9 heteroatoms. The van der Waals surface area contributed by atoms with Crippen LogP contribution in [0, 0.1) is 5.82 Å². The number of ether oxygens (including phenoxy) is 1. The summed E-state index contributed by atoms with van der Waals surface area (Å²) >= 11 is 0. The number of nitrogens with one attached hydrogen (secondary N) is 1. The van der Waals surface area contributed by atoms with Crippen molar-refractivity contribution in [2.24, 2.45) is 0 Å². The summed E-state index contributed by atoms with van der Waals surface area (Å²) in [5.74, 6) is -2.23. The third-order valence-electron chi connectivity index (χ3n) is 3.40. The van der Waals surface area contributed by atoms with Crippen LogP contribution in [-0.4, -0.2) is 68.7 Å². The van der Waals surface area contributed by atoms with Gasteiger partial charge >= 0.3 is 0 Å². The number of amides is 1. The van der Waals surface area contributed by atoms with Gasteiger partial charge in [0, 0.05) is 0 Å². The fraction of sp³-hybridized carbons (Fsp3) is 0.462. The van der Waals surface area contributed by atoms with Gasteiger partial charge in [0.05, 0.1) is 12.2 Å². The predicted octanol–water partition coefficient (Wildman–Crippen LogP) is -1.94. The van der Waals surface area contributed by atoms with E-state index in [-0.39, 0.29) is 0 Å². The lowest BCUT2D eigenvalue weighted by molar-refractivity contribution is -0.252. The van der Waals surface area contributed by atoms with E-state index in [9.17, 15) is 29.6 Å². The van der Waals surface area contributed by atoms with E-state index in [1.54, 1.807) is 0 Å². The van der Waals surface area contributed by atoms with Gasteiger partial charge in [-0.15, -0.1) is 0 Å². The number of aromatic hydroxyl groups is 1. The molecule has 1 fully saturated rings. The molecule has 3 unspecified atom stereocenters. The molecule has 22 heavy (non-hydrogen) atoms. The van der Waals surface area contributed by atoms with E-state index < -0.39 is 60.3 Å². The number of halogens is 1. The molecule has 0 bridgehead atoms. The van der Waals surface area contributed by atoms with E-state index >= 15 is 0 Å². The maximum absolute atomic E-state index is 13.1. The summed E-state index contributed by atoms with van der Waals surface area (Å²) in [6.07, 6.45) is -6.07. The van der Waals surface area contributed by atoms with E-state index in [1.807, 2.05) is 0 Å². The third-order valence-corrected chi connectivity index (χ3v) is 3.40. The predicted molar refractivity (Wildman–Crippen MR) is 69.3 cm³/mol. The van der Waals surface area contributed by atoms with E-state index in [0.29, 0.717) is 0 Å². The number of carbonyl (C=O) groups excluding carboxylic acids is 1. The zero-order valence-electron chi connectivity index (χ0n) is 11.3. The molecule has 1 amide bonds. The monoisotopic (exact) mass is 317 g/mol. The number of rotatable bonds is 3. The van der Waals surface area contributed by atoms with Crippen LogP contribution in [-0.2, 0) is 4.74 Å². The first-order valence-electron chi connectivity index (χ1n) is 6.45. The van der Waals surface area contributed by atoms with Gasteiger partial charge in [-0.05, 0) is 18.2 Å². The van der Waals surface area contributed by atoms with Gasteiger partial charge in [0.25, 0.3) is 5.91 Å². The van der Waals surface area contributed by atoms with Gasteiger partial charge in [-0.1, -0.05) is 0 Å². The van der Waals surface area contributed by atoms with E-state index in [0.717, 1.165) is 18.2 Å². The highest BCUT2D eigenvalue weighted by molar-refractivity contribution is 5.97. The lowest BCUT2D eigenvalue weighted by atomic mass is 9.96. The second kappa shape index (κ2) is 6.55. The largest absolute Gasteiger partial charge is 0.507 e. The standard InChI is InChI=1S/C13H16FNO7/c14-5-1-2-7(17)6(3-5)12(20)15-9-11(19)10(18)8(4-16)22-13(9)21/h1-3,8-11,13,16-19,21H,4H2,(H,15,20)/t8?,9?,10-,11?,13-/m1/s1. The highest BCUT2D eigenvalue weighted by atomic mass is 19.1. The van der Waals surface area contributed by atoms with Crippen molar-refractivity contribution in [2.45, 2.75) is 30.6 Å². The molecule has 0 radical (unpaired) electrons. The van der Waals surface area contributed by atoms with Crippen LogP contribution in [0.3, 0.4) is 0 Å². The summed E-state index contributed by atoms with van der Waals surface area (Å²) in [5, 5.41) is 49.9. The number of aliphatic hydroxyl groups is 4. The van der Waals surface area contributed by atoms with Gasteiger partial charge in [-0.25, -0.2) is 4.39 Å². The van der Waals surface area contributed by atoms with Crippen LogP contribution in [0.1, 0.15) is 10.4 Å². The van der Waals surface area contributed by atoms with Gasteiger partial charge in [0.15, 0.2) is 6.29 Å². The highest BCUT2D eigenvalue weighted by Crippen LogP contribution is 2.22. The molecule has 6 N–H and O–H groups in total. The molecule has 0 aliphatic carbocycles. The number of carbonyl (C=O) groups is 1. The van der Waals surface area contributed by atoms with E-state index in [1.165, 1.54) is 0 Å². The molecule has 5 atom stereocenters. The summed E-state index contributed by atoms with van der Waals surface area (Å²) < 4.78 is 18.0. The van der Waals surface area contributed by atoms with Crippen LogP contribution in [0.25, 0.3) is 0 Å². The minimum absolute atomic E-state index is 0.404. The van der Waals surface area contributed by atoms with Crippen molar-refractivity contribution >= 4 is 5.91 Å². The Labute approximate surface area is 124 Å². The van der Waals surface area contributed by atoms with E-state index in [2.05, 4.69) is 5.32 Å².